The smallest absolute Gasteiger partial charge is 0.416 e. The SMILES string of the molecule is C[C@@H]1Cc2c(n(C(=O)O)c3ccccc23)[C@@H](c2c(F)cc(C(O)CCO[Si](C)(C)C(C)(C)C)cc2F)N1CC(F)(F)F. The maximum atomic E-state index is 15.9. The molecule has 1 aromatic heterocycles. The van der Waals surface area contributed by atoms with Crippen LogP contribution in [-0.4, -0.2) is 59.5 Å². The van der Waals surface area contributed by atoms with Crippen molar-refractivity contribution in [3.63, 3.8) is 0 Å². The van der Waals surface area contributed by atoms with Crippen molar-refractivity contribution in [1.82, 2.24) is 9.47 Å². The van der Waals surface area contributed by atoms with Crippen LogP contribution in [-0.2, 0) is 10.8 Å². The average Bonchev–Trinajstić information content (AvgIpc) is 3.17. The van der Waals surface area contributed by atoms with Crippen molar-refractivity contribution in [2.24, 2.45) is 0 Å². The molecule has 0 spiro atoms. The number of carbonyl (C=O) groups is 1. The molecule has 1 unspecified atom stereocenters. The van der Waals surface area contributed by atoms with Crippen LogP contribution in [0.1, 0.15) is 68.6 Å². The zero-order valence-electron chi connectivity index (χ0n) is 24.5. The highest BCUT2D eigenvalue weighted by Gasteiger charge is 2.45. The number of aliphatic hydroxyl groups is 1. The first-order chi connectivity index (χ1) is 19.3. The second-order valence-electron chi connectivity index (χ2n) is 12.6. The van der Waals surface area contributed by atoms with Gasteiger partial charge in [-0.05, 0) is 67.2 Å². The Morgan fingerprint density at radius 3 is 2.26 bits per heavy atom. The zero-order valence-corrected chi connectivity index (χ0v) is 25.5. The van der Waals surface area contributed by atoms with Crippen molar-refractivity contribution in [3.05, 3.63) is 70.4 Å². The first-order valence-electron chi connectivity index (χ1n) is 13.8. The molecule has 2 aromatic carbocycles. The summed E-state index contributed by atoms with van der Waals surface area (Å²) in [4.78, 5) is 13.3. The van der Waals surface area contributed by atoms with Crippen molar-refractivity contribution in [2.45, 2.75) is 83.0 Å². The quantitative estimate of drug-likeness (QED) is 0.211. The van der Waals surface area contributed by atoms with Crippen LogP contribution in [0.3, 0.4) is 0 Å². The number of aliphatic hydroxyl groups excluding tert-OH is 1. The van der Waals surface area contributed by atoms with E-state index in [1.165, 1.54) is 13.0 Å². The van der Waals surface area contributed by atoms with E-state index >= 15 is 8.78 Å². The van der Waals surface area contributed by atoms with E-state index in [2.05, 4.69) is 20.8 Å². The van der Waals surface area contributed by atoms with Gasteiger partial charge in [-0.3, -0.25) is 4.90 Å². The molecule has 0 radical (unpaired) electrons. The fourth-order valence-corrected chi connectivity index (χ4v) is 6.54. The standard InChI is InChI=1S/C30H37F5N2O4Si/c1-17-13-20-19-9-7-8-10-23(19)37(28(39)40)26(20)27(36(17)16-30(33,34)35)25-21(31)14-18(15-22(25)32)24(38)11-12-41-42(5,6)29(2,3)4/h7-10,14-15,17,24,27,38H,11-13,16H2,1-6H3,(H,39,40)/t17-,24?,27-/m1/s1. The van der Waals surface area contributed by atoms with E-state index in [1.807, 2.05) is 13.1 Å². The van der Waals surface area contributed by atoms with Gasteiger partial charge in [0.2, 0.25) is 0 Å². The highest BCUT2D eigenvalue weighted by molar-refractivity contribution is 6.74. The van der Waals surface area contributed by atoms with Crippen LogP contribution >= 0.6 is 0 Å². The molecular formula is C30H37F5N2O4Si. The van der Waals surface area contributed by atoms with Crippen molar-refractivity contribution in [2.75, 3.05) is 13.2 Å². The summed E-state index contributed by atoms with van der Waals surface area (Å²) < 4.78 is 80.1. The minimum atomic E-state index is -4.72. The lowest BCUT2D eigenvalue weighted by Gasteiger charge is -2.42. The largest absolute Gasteiger partial charge is 0.464 e. The number of para-hydroxylation sites is 1. The van der Waals surface area contributed by atoms with E-state index in [1.54, 1.807) is 18.2 Å². The second-order valence-corrected chi connectivity index (χ2v) is 17.4. The summed E-state index contributed by atoms with van der Waals surface area (Å²) in [7, 11) is -2.13. The number of fused-ring (bicyclic) bond motifs is 3. The first-order valence-corrected chi connectivity index (χ1v) is 16.7. The predicted octanol–water partition coefficient (Wildman–Crippen LogP) is 7.79. The maximum Gasteiger partial charge on any atom is 0.416 e. The Morgan fingerprint density at radius 1 is 1.12 bits per heavy atom. The van der Waals surface area contributed by atoms with E-state index in [-0.39, 0.29) is 41.3 Å². The number of benzene rings is 2. The molecule has 0 saturated carbocycles. The topological polar surface area (TPSA) is 74.9 Å². The molecule has 0 amide bonds. The number of nitrogens with zero attached hydrogens (tertiary/aromatic N) is 2. The third-order valence-electron chi connectivity index (χ3n) is 8.65. The Balaban J connectivity index is 1.80. The summed E-state index contributed by atoms with van der Waals surface area (Å²) in [5.41, 5.74) is -0.270. The Labute approximate surface area is 242 Å². The zero-order chi connectivity index (χ0) is 31.4. The summed E-state index contributed by atoms with van der Waals surface area (Å²) in [6.07, 6.45) is -7.38. The van der Waals surface area contributed by atoms with E-state index in [0.29, 0.717) is 10.9 Å². The number of aromatic nitrogens is 1. The van der Waals surface area contributed by atoms with Gasteiger partial charge in [0.1, 0.15) is 11.6 Å². The van der Waals surface area contributed by atoms with Crippen LogP contribution in [0.5, 0.6) is 0 Å². The molecule has 230 valence electrons. The third-order valence-corrected chi connectivity index (χ3v) is 13.2. The molecule has 1 aliphatic heterocycles. The summed E-state index contributed by atoms with van der Waals surface area (Å²) in [5, 5.41) is 21.3. The van der Waals surface area contributed by atoms with Crippen LogP contribution in [0, 0.1) is 11.6 Å². The van der Waals surface area contributed by atoms with Crippen molar-refractivity contribution >= 4 is 25.3 Å². The predicted molar refractivity (Wildman–Crippen MR) is 152 cm³/mol. The number of hydrogen-bond acceptors (Lipinski definition) is 4. The van der Waals surface area contributed by atoms with Gasteiger partial charge in [-0.25, -0.2) is 18.1 Å². The van der Waals surface area contributed by atoms with Gasteiger partial charge in [0.15, 0.2) is 8.32 Å². The summed E-state index contributed by atoms with van der Waals surface area (Å²) in [6.45, 7) is 10.4. The number of rotatable bonds is 7. The monoisotopic (exact) mass is 612 g/mol. The molecular weight excluding hydrogens is 575 g/mol. The van der Waals surface area contributed by atoms with Gasteiger partial charge < -0.3 is 14.6 Å². The van der Waals surface area contributed by atoms with Crippen LogP contribution < -0.4 is 0 Å². The Morgan fingerprint density at radius 2 is 1.71 bits per heavy atom. The van der Waals surface area contributed by atoms with Crippen LogP contribution in [0.2, 0.25) is 18.1 Å². The highest BCUT2D eigenvalue weighted by atomic mass is 28.4. The summed E-state index contributed by atoms with van der Waals surface area (Å²) >= 11 is 0. The lowest BCUT2D eigenvalue weighted by molar-refractivity contribution is -0.155. The summed E-state index contributed by atoms with van der Waals surface area (Å²) in [6, 6.07) is 5.72. The number of hydrogen-bond donors (Lipinski definition) is 2. The molecule has 0 aliphatic carbocycles. The van der Waals surface area contributed by atoms with E-state index in [9.17, 15) is 28.2 Å². The molecule has 0 saturated heterocycles. The van der Waals surface area contributed by atoms with Crippen LogP contribution in [0.4, 0.5) is 26.7 Å². The van der Waals surface area contributed by atoms with Gasteiger partial charge in [-0.1, -0.05) is 39.0 Å². The fraction of sp³-hybridized carbons (Fsp3) is 0.500. The van der Waals surface area contributed by atoms with Gasteiger partial charge in [0.05, 0.1) is 29.9 Å². The Bertz CT molecular complexity index is 1460. The maximum absolute atomic E-state index is 15.9. The fourth-order valence-electron chi connectivity index (χ4n) is 5.48. The molecule has 6 nitrogen and oxygen atoms in total. The number of halogens is 5. The molecule has 0 bridgehead atoms. The first kappa shape index (κ1) is 32.1. The molecule has 2 heterocycles. The van der Waals surface area contributed by atoms with Crippen molar-refractivity contribution in [3.8, 4) is 0 Å². The number of alkyl halides is 3. The molecule has 3 atom stereocenters. The average molecular weight is 613 g/mol. The lowest BCUT2D eigenvalue weighted by Crippen LogP contribution is -2.48. The van der Waals surface area contributed by atoms with Gasteiger partial charge >= 0.3 is 12.3 Å². The lowest BCUT2D eigenvalue weighted by atomic mass is 9.87. The van der Waals surface area contributed by atoms with Crippen molar-refractivity contribution in [1.29, 1.82) is 0 Å². The van der Waals surface area contributed by atoms with Gasteiger partial charge in [0, 0.05) is 23.6 Å². The normalized spacial score (nSPS) is 19.2. The van der Waals surface area contributed by atoms with Crippen LogP contribution in [0.15, 0.2) is 36.4 Å². The second kappa shape index (κ2) is 11.4. The van der Waals surface area contributed by atoms with E-state index in [4.69, 9.17) is 4.43 Å². The molecule has 1 aliphatic rings. The minimum Gasteiger partial charge on any atom is -0.464 e. The van der Waals surface area contributed by atoms with E-state index < -0.39 is 62.5 Å². The highest BCUT2D eigenvalue weighted by Crippen LogP contribution is 2.45. The molecule has 42 heavy (non-hydrogen) atoms. The Hall–Kier alpha value is -2.80. The van der Waals surface area contributed by atoms with Gasteiger partial charge in [-0.15, -0.1) is 0 Å². The van der Waals surface area contributed by atoms with Gasteiger partial charge in [0.25, 0.3) is 0 Å². The van der Waals surface area contributed by atoms with E-state index in [0.717, 1.165) is 21.6 Å². The molecule has 4 rings (SSSR count). The van der Waals surface area contributed by atoms with Crippen LogP contribution in [0.25, 0.3) is 10.9 Å². The Kier molecular flexibility index (Phi) is 8.69. The minimum absolute atomic E-state index is 0.0525. The van der Waals surface area contributed by atoms with Gasteiger partial charge in [-0.2, -0.15) is 13.2 Å². The third kappa shape index (κ3) is 6.13. The molecule has 3 aromatic rings. The van der Waals surface area contributed by atoms with Crippen molar-refractivity contribution < 1.29 is 41.4 Å². The molecule has 12 heteroatoms. The number of carboxylic acid groups (broad SMARTS) is 1. The molecule has 0 fully saturated rings. The molecule has 2 N–H and O–H groups in total. The summed E-state index contributed by atoms with van der Waals surface area (Å²) in [5.74, 6) is -2.34.